The number of H-pyrrole nitrogens is 1. The number of piperidine rings is 1. The van der Waals surface area contributed by atoms with Gasteiger partial charge in [-0.3, -0.25) is 9.78 Å². The first kappa shape index (κ1) is 17.8. The average molecular weight is 385 g/mol. The summed E-state index contributed by atoms with van der Waals surface area (Å²) in [6.45, 7) is 3.91. The second-order valence-corrected chi connectivity index (χ2v) is 7.06. The van der Waals surface area contributed by atoms with Gasteiger partial charge in [0.05, 0.1) is 34.8 Å². The molecular weight excluding hydrogens is 364 g/mol. The van der Waals surface area contributed by atoms with Crippen molar-refractivity contribution >= 4 is 34.3 Å². The number of nitrogens with one attached hydrogen (secondary N) is 1. The lowest BCUT2D eigenvalue weighted by atomic mass is 9.96. The van der Waals surface area contributed by atoms with Crippen LogP contribution in [-0.4, -0.2) is 40.6 Å². The second kappa shape index (κ2) is 7.56. The van der Waals surface area contributed by atoms with Crippen molar-refractivity contribution in [3.63, 3.8) is 0 Å². The molecule has 0 bridgehead atoms. The van der Waals surface area contributed by atoms with E-state index in [1.807, 2.05) is 25.1 Å². The number of anilines is 1. The van der Waals surface area contributed by atoms with Crippen LogP contribution in [0.2, 0.25) is 5.02 Å². The number of carbonyl (C=O) groups excluding carboxylic acids is 1. The van der Waals surface area contributed by atoms with Crippen LogP contribution < -0.4 is 4.90 Å². The minimum Gasteiger partial charge on any atom is -0.466 e. The number of esters is 1. The number of benzene rings is 1. The van der Waals surface area contributed by atoms with Gasteiger partial charge in [-0.15, -0.1) is 0 Å². The lowest BCUT2D eigenvalue weighted by Crippen LogP contribution is -2.37. The Morgan fingerprint density at radius 2 is 2.15 bits per heavy atom. The molecule has 2 aromatic heterocycles. The van der Waals surface area contributed by atoms with Crippen molar-refractivity contribution in [1.29, 1.82) is 0 Å². The van der Waals surface area contributed by atoms with E-state index in [4.69, 9.17) is 16.3 Å². The maximum absolute atomic E-state index is 11.9. The number of fused-ring (bicyclic) bond motifs is 1. The van der Waals surface area contributed by atoms with E-state index in [0.29, 0.717) is 11.6 Å². The highest BCUT2D eigenvalue weighted by Gasteiger charge is 2.26. The molecular formula is C20H21ClN4O2. The highest BCUT2D eigenvalue weighted by Crippen LogP contribution is 2.33. The van der Waals surface area contributed by atoms with Gasteiger partial charge in [0.1, 0.15) is 5.82 Å². The molecule has 1 N–H and O–H groups in total. The molecule has 1 saturated heterocycles. The molecule has 27 heavy (non-hydrogen) atoms. The number of rotatable bonds is 4. The third-order valence-corrected chi connectivity index (χ3v) is 5.30. The first-order valence-corrected chi connectivity index (χ1v) is 9.54. The van der Waals surface area contributed by atoms with E-state index in [-0.39, 0.29) is 11.9 Å². The fourth-order valence-electron chi connectivity index (χ4n) is 3.51. The van der Waals surface area contributed by atoms with E-state index in [1.165, 1.54) is 0 Å². The van der Waals surface area contributed by atoms with E-state index in [0.717, 1.165) is 54.0 Å². The minimum absolute atomic E-state index is 0.00385. The molecule has 0 spiro atoms. The predicted molar refractivity (Wildman–Crippen MR) is 106 cm³/mol. The fraction of sp³-hybridized carbons (Fsp3) is 0.350. The standard InChI is InChI=1S/C20H21ClN4O2/c1-2-27-20(26)13-6-9-25(10-7-13)14-3-4-16(21)15(11-14)19-23-17-5-8-22-12-18(17)24-19/h3-5,8,11-13H,2,6-7,9-10H2,1H3,(H,23,24). The maximum atomic E-state index is 11.9. The Bertz CT molecular complexity index is 931. The van der Waals surface area contributed by atoms with Crippen LogP contribution in [0.3, 0.4) is 0 Å². The normalized spacial score (nSPS) is 15.3. The van der Waals surface area contributed by atoms with Crippen molar-refractivity contribution in [2.75, 3.05) is 24.6 Å². The molecule has 7 heteroatoms. The molecule has 3 aromatic rings. The van der Waals surface area contributed by atoms with Crippen molar-refractivity contribution in [1.82, 2.24) is 15.0 Å². The summed E-state index contributed by atoms with van der Waals surface area (Å²) in [5.74, 6) is 0.645. The molecule has 0 atom stereocenters. The molecule has 0 unspecified atom stereocenters. The van der Waals surface area contributed by atoms with Gasteiger partial charge in [0.25, 0.3) is 0 Å². The number of hydrogen-bond donors (Lipinski definition) is 1. The molecule has 1 aliphatic heterocycles. The summed E-state index contributed by atoms with van der Waals surface area (Å²) in [6, 6.07) is 7.83. The monoisotopic (exact) mass is 384 g/mol. The lowest BCUT2D eigenvalue weighted by Gasteiger charge is -2.32. The van der Waals surface area contributed by atoms with E-state index < -0.39 is 0 Å². The SMILES string of the molecule is CCOC(=O)C1CCN(c2ccc(Cl)c(-c3nc4ccncc4[nH]3)c2)CC1. The van der Waals surface area contributed by atoms with E-state index in [9.17, 15) is 4.79 Å². The highest BCUT2D eigenvalue weighted by molar-refractivity contribution is 6.33. The average Bonchev–Trinajstić information content (AvgIpc) is 3.12. The summed E-state index contributed by atoms with van der Waals surface area (Å²) in [5.41, 5.74) is 3.68. The summed E-state index contributed by atoms with van der Waals surface area (Å²) in [5, 5.41) is 0.646. The topological polar surface area (TPSA) is 71.1 Å². The Morgan fingerprint density at radius 3 is 2.89 bits per heavy atom. The number of aromatic nitrogens is 3. The smallest absolute Gasteiger partial charge is 0.309 e. The summed E-state index contributed by atoms with van der Waals surface area (Å²) in [6.07, 6.45) is 5.07. The molecule has 140 valence electrons. The Labute approximate surface area is 162 Å². The summed E-state index contributed by atoms with van der Waals surface area (Å²) < 4.78 is 5.15. The Kier molecular flexibility index (Phi) is 4.99. The number of hydrogen-bond acceptors (Lipinski definition) is 5. The van der Waals surface area contributed by atoms with Crippen molar-refractivity contribution in [2.24, 2.45) is 5.92 Å². The van der Waals surface area contributed by atoms with Crippen LogP contribution in [0.15, 0.2) is 36.7 Å². The van der Waals surface area contributed by atoms with Crippen molar-refractivity contribution in [3.05, 3.63) is 41.7 Å². The lowest BCUT2D eigenvalue weighted by molar-refractivity contribution is -0.148. The fourth-order valence-corrected chi connectivity index (χ4v) is 3.72. The maximum Gasteiger partial charge on any atom is 0.309 e. The number of halogens is 1. The molecule has 0 radical (unpaired) electrons. The second-order valence-electron chi connectivity index (χ2n) is 6.66. The van der Waals surface area contributed by atoms with Crippen LogP contribution in [0, 0.1) is 5.92 Å². The number of nitrogens with zero attached hydrogens (tertiary/aromatic N) is 3. The van der Waals surface area contributed by atoms with Crippen LogP contribution in [0.25, 0.3) is 22.4 Å². The number of pyridine rings is 1. The van der Waals surface area contributed by atoms with Gasteiger partial charge >= 0.3 is 5.97 Å². The molecule has 0 aliphatic carbocycles. The van der Waals surface area contributed by atoms with Crippen LogP contribution in [0.4, 0.5) is 5.69 Å². The van der Waals surface area contributed by atoms with Gasteiger partial charge in [0.2, 0.25) is 0 Å². The van der Waals surface area contributed by atoms with Crippen LogP contribution in [-0.2, 0) is 9.53 Å². The quantitative estimate of drug-likeness (QED) is 0.687. The van der Waals surface area contributed by atoms with Gasteiger partial charge in [-0.1, -0.05) is 11.6 Å². The number of aromatic amines is 1. The molecule has 0 amide bonds. The largest absolute Gasteiger partial charge is 0.466 e. The highest BCUT2D eigenvalue weighted by atomic mass is 35.5. The van der Waals surface area contributed by atoms with Gasteiger partial charge in [0.15, 0.2) is 0 Å². The zero-order valence-corrected chi connectivity index (χ0v) is 15.9. The molecule has 0 saturated carbocycles. The Hall–Kier alpha value is -2.60. The first-order chi connectivity index (χ1) is 13.2. The zero-order chi connectivity index (χ0) is 18.8. The van der Waals surface area contributed by atoms with Gasteiger partial charge in [0, 0.05) is 30.5 Å². The first-order valence-electron chi connectivity index (χ1n) is 9.17. The third-order valence-electron chi connectivity index (χ3n) is 4.97. The van der Waals surface area contributed by atoms with Crippen LogP contribution in [0.1, 0.15) is 19.8 Å². The van der Waals surface area contributed by atoms with Crippen LogP contribution >= 0.6 is 11.6 Å². The summed E-state index contributed by atoms with van der Waals surface area (Å²) in [4.78, 5) is 26.2. The molecule has 4 rings (SSSR count). The number of ether oxygens (including phenoxy) is 1. The molecule has 6 nitrogen and oxygen atoms in total. The molecule has 1 aliphatic rings. The molecule has 3 heterocycles. The van der Waals surface area contributed by atoms with Gasteiger partial charge in [-0.25, -0.2) is 4.98 Å². The van der Waals surface area contributed by atoms with Crippen molar-refractivity contribution in [2.45, 2.75) is 19.8 Å². The van der Waals surface area contributed by atoms with Gasteiger partial charge in [-0.05, 0) is 44.0 Å². The van der Waals surface area contributed by atoms with Gasteiger partial charge < -0.3 is 14.6 Å². The summed E-state index contributed by atoms with van der Waals surface area (Å²) >= 11 is 6.44. The third kappa shape index (κ3) is 3.62. The summed E-state index contributed by atoms with van der Waals surface area (Å²) in [7, 11) is 0. The number of imidazole rings is 1. The van der Waals surface area contributed by atoms with Crippen molar-refractivity contribution < 1.29 is 9.53 Å². The minimum atomic E-state index is -0.0789. The van der Waals surface area contributed by atoms with E-state index in [1.54, 1.807) is 12.4 Å². The van der Waals surface area contributed by atoms with E-state index in [2.05, 4.69) is 25.9 Å². The van der Waals surface area contributed by atoms with E-state index >= 15 is 0 Å². The Morgan fingerprint density at radius 1 is 1.33 bits per heavy atom. The predicted octanol–water partition coefficient (Wildman–Crippen LogP) is 4.06. The molecule has 1 aromatic carbocycles. The Balaban J connectivity index is 1.55. The van der Waals surface area contributed by atoms with Crippen LogP contribution in [0.5, 0.6) is 0 Å². The van der Waals surface area contributed by atoms with Gasteiger partial charge in [-0.2, -0.15) is 0 Å². The van der Waals surface area contributed by atoms with Crippen molar-refractivity contribution in [3.8, 4) is 11.4 Å². The molecule has 1 fully saturated rings. The zero-order valence-electron chi connectivity index (χ0n) is 15.1. The number of carbonyl (C=O) groups is 1.